The Morgan fingerprint density at radius 1 is 1.12 bits per heavy atom. The maximum atomic E-state index is 13.1. The molecule has 0 saturated carbocycles. The van der Waals surface area contributed by atoms with Gasteiger partial charge in [-0.05, 0) is 36.8 Å². The summed E-state index contributed by atoms with van der Waals surface area (Å²) in [5.74, 6) is -0.134. The van der Waals surface area contributed by atoms with Crippen LogP contribution in [0.3, 0.4) is 0 Å². The van der Waals surface area contributed by atoms with Gasteiger partial charge in [0.15, 0.2) is 0 Å². The Morgan fingerprint density at radius 3 is 2.71 bits per heavy atom. The molecule has 2 amide bonds. The van der Waals surface area contributed by atoms with Crippen molar-refractivity contribution in [3.63, 3.8) is 0 Å². The van der Waals surface area contributed by atoms with Crippen LogP contribution in [0.5, 0.6) is 0 Å². The maximum Gasteiger partial charge on any atom is 0.409 e. The monoisotopic (exact) mass is 460 g/mol. The molecule has 11 nitrogen and oxygen atoms in total. The molecule has 0 aliphatic carbocycles. The van der Waals surface area contributed by atoms with E-state index in [1.165, 1.54) is 11.9 Å². The number of aryl methyl sites for hydroxylation is 1. The fourth-order valence-electron chi connectivity index (χ4n) is 3.90. The first-order valence-corrected chi connectivity index (χ1v) is 10.8. The van der Waals surface area contributed by atoms with E-state index in [1.807, 2.05) is 44.3 Å². The van der Waals surface area contributed by atoms with Gasteiger partial charge in [-0.1, -0.05) is 6.07 Å². The first kappa shape index (κ1) is 21.4. The summed E-state index contributed by atoms with van der Waals surface area (Å²) >= 11 is 0. The molecular weight excluding hydrogens is 436 g/mol. The zero-order chi connectivity index (χ0) is 23.8. The molecule has 4 aromatic rings. The van der Waals surface area contributed by atoms with Gasteiger partial charge in [0.05, 0.1) is 42.0 Å². The van der Waals surface area contributed by atoms with Gasteiger partial charge in [-0.3, -0.25) is 4.79 Å². The number of benzene rings is 1. The first-order chi connectivity index (χ1) is 16.5. The van der Waals surface area contributed by atoms with Crippen LogP contribution in [0.4, 0.5) is 16.2 Å². The molecule has 0 atom stereocenters. The van der Waals surface area contributed by atoms with Crippen molar-refractivity contribution in [2.45, 2.75) is 12.8 Å². The number of hydrogen-bond donors (Lipinski definition) is 2. The van der Waals surface area contributed by atoms with Crippen LogP contribution in [0.1, 0.15) is 27.5 Å². The van der Waals surface area contributed by atoms with Gasteiger partial charge in [0.1, 0.15) is 0 Å². The fraction of sp³-hybridized carbons (Fsp3) is 0.261. The van der Waals surface area contributed by atoms with Crippen molar-refractivity contribution in [2.24, 2.45) is 0 Å². The number of anilines is 2. The van der Waals surface area contributed by atoms with Gasteiger partial charge in [0.25, 0.3) is 5.91 Å². The second-order valence-corrected chi connectivity index (χ2v) is 8.14. The highest BCUT2D eigenvalue weighted by molar-refractivity contribution is 6.09. The molecule has 1 fully saturated rings. The Bertz CT molecular complexity index is 1390. The summed E-state index contributed by atoms with van der Waals surface area (Å²) in [7, 11) is 3.20. The van der Waals surface area contributed by atoms with Gasteiger partial charge >= 0.3 is 6.09 Å². The van der Waals surface area contributed by atoms with Crippen molar-refractivity contribution in [1.82, 2.24) is 29.5 Å². The predicted octanol–water partition coefficient (Wildman–Crippen LogP) is 2.68. The fourth-order valence-corrected chi connectivity index (χ4v) is 3.90. The van der Waals surface area contributed by atoms with Crippen molar-refractivity contribution in [2.75, 3.05) is 37.9 Å². The van der Waals surface area contributed by atoms with Gasteiger partial charge in [0.2, 0.25) is 0 Å². The second-order valence-electron chi connectivity index (χ2n) is 8.14. The average molecular weight is 460 g/mol. The minimum absolute atomic E-state index is 0.121. The van der Waals surface area contributed by atoms with Gasteiger partial charge < -0.3 is 20.3 Å². The van der Waals surface area contributed by atoms with Crippen LogP contribution in [-0.4, -0.2) is 68.8 Å². The number of nitrogens with one attached hydrogen (secondary N) is 2. The molecule has 0 radical (unpaired) electrons. The zero-order valence-corrected chi connectivity index (χ0v) is 19.0. The van der Waals surface area contributed by atoms with E-state index in [4.69, 9.17) is 4.74 Å². The number of aromatic nitrogens is 5. The lowest BCUT2D eigenvalue weighted by molar-refractivity contribution is 0.0871. The lowest BCUT2D eigenvalue weighted by Crippen LogP contribution is -2.48. The lowest BCUT2D eigenvalue weighted by Gasteiger charge is -2.36. The molecule has 1 aromatic carbocycles. The lowest BCUT2D eigenvalue weighted by atomic mass is 9.98. The molecule has 4 heterocycles. The first-order valence-electron chi connectivity index (χ1n) is 10.8. The number of nitrogens with zero attached hydrogens (tertiary/aromatic N) is 6. The Labute approximate surface area is 195 Å². The molecule has 1 aliphatic rings. The molecule has 3 aromatic heterocycles. The van der Waals surface area contributed by atoms with Crippen molar-refractivity contribution in [3.8, 4) is 5.69 Å². The third-order valence-electron chi connectivity index (χ3n) is 6.00. The molecule has 0 bridgehead atoms. The van der Waals surface area contributed by atoms with Crippen molar-refractivity contribution < 1.29 is 14.3 Å². The summed E-state index contributed by atoms with van der Waals surface area (Å²) in [6.45, 7) is 3.03. The number of carbonyl (C=O) groups excluding carboxylic acids is 2. The molecule has 1 saturated heterocycles. The number of fused-ring (bicyclic) bond motifs is 1. The third-order valence-corrected chi connectivity index (χ3v) is 6.00. The Hall–Kier alpha value is -4.41. The number of methoxy groups -OCH3 is 1. The normalized spacial score (nSPS) is 13.6. The summed E-state index contributed by atoms with van der Waals surface area (Å²) < 4.78 is 6.40. The predicted molar refractivity (Wildman–Crippen MR) is 126 cm³/mol. The van der Waals surface area contributed by atoms with Crippen LogP contribution >= 0.6 is 0 Å². The van der Waals surface area contributed by atoms with E-state index in [0.717, 1.165) is 16.9 Å². The highest BCUT2D eigenvalue weighted by Crippen LogP contribution is 2.27. The minimum atomic E-state index is -0.337. The highest BCUT2D eigenvalue weighted by atomic mass is 16.5. The van der Waals surface area contributed by atoms with Crippen LogP contribution < -0.4 is 10.6 Å². The summed E-state index contributed by atoms with van der Waals surface area (Å²) in [5, 5.41) is 19.3. The number of pyridine rings is 1. The highest BCUT2D eigenvalue weighted by Gasteiger charge is 2.34. The molecule has 34 heavy (non-hydrogen) atoms. The van der Waals surface area contributed by atoms with Crippen LogP contribution in [0.25, 0.3) is 11.2 Å². The quantitative estimate of drug-likeness (QED) is 0.470. The standard InChI is InChI=1S/C23H24N8O3/c1-14-4-5-17(31-26-11-20(28-31)15-12-29(13-15)23(33)34-3)9-19(14)27-22(32)18-10-25-30-7-6-16(24-2)8-21(18)30/h4-11,15,24H,12-13H2,1-3H3,(H,27,32). The van der Waals surface area contributed by atoms with E-state index in [0.29, 0.717) is 35.5 Å². The van der Waals surface area contributed by atoms with E-state index in [9.17, 15) is 9.59 Å². The maximum absolute atomic E-state index is 13.1. The van der Waals surface area contributed by atoms with Crippen LogP contribution in [0.2, 0.25) is 0 Å². The summed E-state index contributed by atoms with van der Waals surface area (Å²) in [5.41, 5.74) is 5.16. The topological polar surface area (TPSA) is 119 Å². The molecule has 2 N–H and O–H groups in total. The Morgan fingerprint density at radius 2 is 1.94 bits per heavy atom. The molecule has 5 rings (SSSR count). The Kier molecular flexibility index (Phi) is 5.36. The molecule has 174 valence electrons. The van der Waals surface area contributed by atoms with Crippen LogP contribution in [-0.2, 0) is 4.74 Å². The molecule has 0 spiro atoms. The van der Waals surface area contributed by atoms with Gasteiger partial charge in [-0.25, -0.2) is 9.31 Å². The van der Waals surface area contributed by atoms with Crippen LogP contribution in [0, 0.1) is 6.92 Å². The average Bonchev–Trinajstić information content (AvgIpc) is 3.46. The Balaban J connectivity index is 1.35. The van der Waals surface area contributed by atoms with Crippen LogP contribution in [0.15, 0.2) is 48.9 Å². The molecule has 0 unspecified atom stereocenters. The summed E-state index contributed by atoms with van der Waals surface area (Å²) in [4.78, 5) is 27.8. The number of ether oxygens (including phenoxy) is 1. The summed E-state index contributed by atoms with van der Waals surface area (Å²) in [6, 6.07) is 9.40. The zero-order valence-electron chi connectivity index (χ0n) is 19.0. The number of likely N-dealkylation sites (tertiary alicyclic amines) is 1. The largest absolute Gasteiger partial charge is 0.453 e. The number of amides is 2. The SMILES string of the molecule is CNc1ccn2ncc(C(=O)Nc3cc(-n4ncc(C5CN(C(=O)OC)C5)n4)ccc3C)c2c1. The van der Waals surface area contributed by atoms with Gasteiger partial charge in [0, 0.05) is 43.6 Å². The molecular formula is C23H24N8O3. The van der Waals surface area contributed by atoms with Crippen molar-refractivity contribution >= 4 is 28.9 Å². The third kappa shape index (κ3) is 3.81. The van der Waals surface area contributed by atoms with E-state index >= 15 is 0 Å². The van der Waals surface area contributed by atoms with E-state index in [-0.39, 0.29) is 17.9 Å². The van der Waals surface area contributed by atoms with E-state index in [2.05, 4.69) is 25.9 Å². The number of rotatable bonds is 5. The van der Waals surface area contributed by atoms with Crippen molar-refractivity contribution in [3.05, 3.63) is 65.7 Å². The number of carbonyl (C=O) groups is 2. The molecule has 11 heteroatoms. The second kappa shape index (κ2) is 8.50. The van der Waals surface area contributed by atoms with Crippen molar-refractivity contribution in [1.29, 1.82) is 0 Å². The van der Waals surface area contributed by atoms with Gasteiger partial charge in [-0.2, -0.15) is 20.1 Å². The smallest absolute Gasteiger partial charge is 0.409 e. The minimum Gasteiger partial charge on any atom is -0.453 e. The van der Waals surface area contributed by atoms with E-state index in [1.54, 1.807) is 28.0 Å². The summed E-state index contributed by atoms with van der Waals surface area (Å²) in [6.07, 6.45) is 4.73. The van der Waals surface area contributed by atoms with Gasteiger partial charge in [-0.15, -0.1) is 0 Å². The molecule has 1 aliphatic heterocycles. The van der Waals surface area contributed by atoms with E-state index < -0.39 is 0 Å². The number of hydrogen-bond acceptors (Lipinski definition) is 7.